The number of aliphatic hydroxyl groups excluding tert-OH is 1. The second-order valence-electron chi connectivity index (χ2n) is 4.57. The van der Waals surface area contributed by atoms with Crippen LogP contribution in [0.25, 0.3) is 0 Å². The molecule has 1 aromatic rings. The number of hydrogen-bond acceptors (Lipinski definition) is 2. The average molecular weight is 221 g/mol. The van der Waals surface area contributed by atoms with Gasteiger partial charge in [0, 0.05) is 18.7 Å². The van der Waals surface area contributed by atoms with Crippen LogP contribution >= 0.6 is 0 Å². The molecule has 0 aliphatic rings. The highest BCUT2D eigenvalue weighted by atomic mass is 16.3. The molecule has 1 aromatic carbocycles. The molecule has 0 heterocycles. The fourth-order valence-electron chi connectivity index (χ4n) is 1.92. The highest BCUT2D eigenvalue weighted by Gasteiger charge is 2.15. The monoisotopic (exact) mass is 221 g/mol. The van der Waals surface area contributed by atoms with E-state index in [9.17, 15) is 0 Å². The molecular formula is C14H23NO. The van der Waals surface area contributed by atoms with Crippen molar-refractivity contribution in [3.8, 4) is 0 Å². The average Bonchev–Trinajstić information content (AvgIpc) is 2.29. The van der Waals surface area contributed by atoms with Gasteiger partial charge < -0.3 is 10.4 Å². The quantitative estimate of drug-likeness (QED) is 0.773. The minimum absolute atomic E-state index is 0.251. The van der Waals surface area contributed by atoms with E-state index >= 15 is 0 Å². The second-order valence-corrected chi connectivity index (χ2v) is 4.57. The standard InChI is InChI=1S/C14H23NO/c1-11(9-10-16)15-13(3)12(2)14-7-5-4-6-8-14/h4-8,11-13,15-16H,9-10H2,1-3H3. The van der Waals surface area contributed by atoms with Gasteiger partial charge in [-0.15, -0.1) is 0 Å². The zero-order valence-electron chi connectivity index (χ0n) is 10.5. The predicted molar refractivity (Wildman–Crippen MR) is 68.6 cm³/mol. The van der Waals surface area contributed by atoms with Crippen LogP contribution in [-0.2, 0) is 0 Å². The Morgan fingerprint density at radius 2 is 1.75 bits per heavy atom. The molecule has 0 amide bonds. The van der Waals surface area contributed by atoms with Gasteiger partial charge >= 0.3 is 0 Å². The van der Waals surface area contributed by atoms with Crippen LogP contribution in [0.2, 0.25) is 0 Å². The summed E-state index contributed by atoms with van der Waals surface area (Å²) in [4.78, 5) is 0. The fraction of sp³-hybridized carbons (Fsp3) is 0.571. The zero-order valence-corrected chi connectivity index (χ0v) is 10.5. The molecule has 90 valence electrons. The predicted octanol–water partition coefficient (Wildman–Crippen LogP) is 2.54. The van der Waals surface area contributed by atoms with Crippen LogP contribution in [0.5, 0.6) is 0 Å². The molecule has 0 spiro atoms. The van der Waals surface area contributed by atoms with Gasteiger partial charge in [-0.1, -0.05) is 37.3 Å². The Bertz CT molecular complexity index is 286. The molecule has 2 N–H and O–H groups in total. The third-order valence-corrected chi connectivity index (χ3v) is 3.18. The van der Waals surface area contributed by atoms with Gasteiger partial charge in [-0.25, -0.2) is 0 Å². The van der Waals surface area contributed by atoms with Gasteiger partial charge in [-0.2, -0.15) is 0 Å². The van der Waals surface area contributed by atoms with Crippen molar-refractivity contribution in [2.45, 2.75) is 45.2 Å². The van der Waals surface area contributed by atoms with Crippen LogP contribution in [0.4, 0.5) is 0 Å². The van der Waals surface area contributed by atoms with E-state index in [1.54, 1.807) is 0 Å². The Labute approximate surface area is 98.7 Å². The van der Waals surface area contributed by atoms with E-state index in [-0.39, 0.29) is 6.61 Å². The zero-order chi connectivity index (χ0) is 12.0. The molecule has 0 saturated carbocycles. The molecule has 0 radical (unpaired) electrons. The van der Waals surface area contributed by atoms with Gasteiger partial charge in [0.05, 0.1) is 0 Å². The first-order valence-electron chi connectivity index (χ1n) is 6.07. The molecule has 0 fully saturated rings. The van der Waals surface area contributed by atoms with Gasteiger partial charge in [-0.3, -0.25) is 0 Å². The van der Waals surface area contributed by atoms with Crippen molar-refractivity contribution >= 4 is 0 Å². The lowest BCUT2D eigenvalue weighted by Crippen LogP contribution is -2.38. The van der Waals surface area contributed by atoms with E-state index in [0.29, 0.717) is 18.0 Å². The Kier molecular flexibility index (Phi) is 5.50. The summed E-state index contributed by atoms with van der Waals surface area (Å²) in [6.45, 7) is 6.80. The van der Waals surface area contributed by atoms with Crippen LogP contribution in [0, 0.1) is 0 Å². The summed E-state index contributed by atoms with van der Waals surface area (Å²) in [6, 6.07) is 11.3. The van der Waals surface area contributed by atoms with E-state index < -0.39 is 0 Å². The first-order valence-corrected chi connectivity index (χ1v) is 6.07. The van der Waals surface area contributed by atoms with Crippen molar-refractivity contribution in [1.82, 2.24) is 5.32 Å². The maximum Gasteiger partial charge on any atom is 0.0445 e. The largest absolute Gasteiger partial charge is 0.396 e. The van der Waals surface area contributed by atoms with Gasteiger partial charge in [0.15, 0.2) is 0 Å². The molecule has 2 heteroatoms. The molecule has 2 nitrogen and oxygen atoms in total. The first-order chi connectivity index (χ1) is 7.65. The number of rotatable bonds is 6. The lowest BCUT2D eigenvalue weighted by Gasteiger charge is -2.25. The summed E-state index contributed by atoms with van der Waals surface area (Å²) in [5, 5.41) is 12.4. The number of benzene rings is 1. The number of hydrogen-bond donors (Lipinski definition) is 2. The van der Waals surface area contributed by atoms with E-state index in [4.69, 9.17) is 5.11 Å². The molecule has 0 aliphatic carbocycles. The maximum atomic E-state index is 8.87. The Morgan fingerprint density at radius 3 is 2.31 bits per heavy atom. The van der Waals surface area contributed by atoms with Gasteiger partial charge in [0.1, 0.15) is 0 Å². The molecule has 1 rings (SSSR count). The summed E-state index contributed by atoms with van der Waals surface area (Å²) in [6.07, 6.45) is 0.811. The third-order valence-electron chi connectivity index (χ3n) is 3.18. The smallest absolute Gasteiger partial charge is 0.0445 e. The van der Waals surface area contributed by atoms with Crippen LogP contribution in [0.1, 0.15) is 38.7 Å². The number of aliphatic hydroxyl groups is 1. The Hall–Kier alpha value is -0.860. The lowest BCUT2D eigenvalue weighted by atomic mass is 9.94. The second kappa shape index (κ2) is 6.66. The van der Waals surface area contributed by atoms with Gasteiger partial charge in [-0.05, 0) is 31.7 Å². The van der Waals surface area contributed by atoms with Crippen molar-refractivity contribution in [2.75, 3.05) is 6.61 Å². The van der Waals surface area contributed by atoms with Crippen LogP contribution in [-0.4, -0.2) is 23.8 Å². The molecular weight excluding hydrogens is 198 g/mol. The van der Waals surface area contributed by atoms with Crippen molar-refractivity contribution in [1.29, 1.82) is 0 Å². The van der Waals surface area contributed by atoms with Crippen molar-refractivity contribution in [3.63, 3.8) is 0 Å². The van der Waals surface area contributed by atoms with Gasteiger partial charge in [0.2, 0.25) is 0 Å². The van der Waals surface area contributed by atoms with E-state index in [0.717, 1.165) is 6.42 Å². The first kappa shape index (κ1) is 13.2. The van der Waals surface area contributed by atoms with Crippen LogP contribution < -0.4 is 5.32 Å². The summed E-state index contributed by atoms with van der Waals surface area (Å²) in [7, 11) is 0. The van der Waals surface area contributed by atoms with Gasteiger partial charge in [0.25, 0.3) is 0 Å². The summed E-state index contributed by atoms with van der Waals surface area (Å²) in [5.74, 6) is 0.488. The minimum Gasteiger partial charge on any atom is -0.396 e. The molecule has 16 heavy (non-hydrogen) atoms. The highest BCUT2D eigenvalue weighted by molar-refractivity contribution is 5.20. The molecule has 0 aliphatic heterocycles. The maximum absolute atomic E-state index is 8.87. The van der Waals surface area contributed by atoms with E-state index in [2.05, 4.69) is 50.4 Å². The van der Waals surface area contributed by atoms with Crippen molar-refractivity contribution < 1.29 is 5.11 Å². The normalized spacial score (nSPS) is 16.8. The summed E-state index contributed by atoms with van der Waals surface area (Å²) < 4.78 is 0. The highest BCUT2D eigenvalue weighted by Crippen LogP contribution is 2.18. The molecule has 0 saturated heterocycles. The molecule has 0 aromatic heterocycles. The molecule has 3 atom stereocenters. The fourth-order valence-corrected chi connectivity index (χ4v) is 1.92. The minimum atomic E-state index is 0.251. The Balaban J connectivity index is 2.51. The molecule has 0 bridgehead atoms. The lowest BCUT2D eigenvalue weighted by molar-refractivity contribution is 0.261. The molecule has 3 unspecified atom stereocenters. The summed E-state index contributed by atoms with van der Waals surface area (Å²) >= 11 is 0. The van der Waals surface area contributed by atoms with E-state index in [1.165, 1.54) is 5.56 Å². The third kappa shape index (κ3) is 3.95. The topological polar surface area (TPSA) is 32.3 Å². The van der Waals surface area contributed by atoms with Crippen molar-refractivity contribution in [2.24, 2.45) is 0 Å². The van der Waals surface area contributed by atoms with Crippen LogP contribution in [0.3, 0.4) is 0 Å². The number of nitrogens with one attached hydrogen (secondary N) is 1. The van der Waals surface area contributed by atoms with Crippen LogP contribution in [0.15, 0.2) is 30.3 Å². The van der Waals surface area contributed by atoms with Crippen molar-refractivity contribution in [3.05, 3.63) is 35.9 Å². The van der Waals surface area contributed by atoms with E-state index in [1.807, 2.05) is 6.07 Å². The summed E-state index contributed by atoms with van der Waals surface area (Å²) in [5.41, 5.74) is 1.36. The Morgan fingerprint density at radius 1 is 1.12 bits per heavy atom. The SMILES string of the molecule is CC(CCO)NC(C)C(C)c1ccccc1.